The highest BCUT2D eigenvalue weighted by atomic mass is 35.5. The molecule has 0 spiro atoms. The van der Waals surface area contributed by atoms with E-state index in [1.807, 2.05) is 18.2 Å². The quantitative estimate of drug-likeness (QED) is 0.929. The molecular weight excluding hydrogens is 318 g/mol. The lowest BCUT2D eigenvalue weighted by atomic mass is 10.1. The Hall–Kier alpha value is -2.21. The molecular formula is C16H18ClN3O3. The molecule has 1 aliphatic rings. The van der Waals surface area contributed by atoms with E-state index in [0.29, 0.717) is 42.6 Å². The minimum Gasteiger partial charge on any atom is -0.486 e. The number of carbonyl (C=O) groups is 1. The molecule has 122 valence electrons. The lowest BCUT2D eigenvalue weighted by Crippen LogP contribution is -2.26. The van der Waals surface area contributed by atoms with Gasteiger partial charge in [0.15, 0.2) is 11.5 Å². The van der Waals surface area contributed by atoms with Crippen LogP contribution in [0.4, 0.5) is 0 Å². The van der Waals surface area contributed by atoms with E-state index in [2.05, 4.69) is 10.4 Å². The standard InChI is InChI=1S/C16H18ClN3O3/c1-10-14(15(17)20(2)19-10)16(21)18-6-5-11-3-4-12-13(9-11)23-8-7-22-12/h3-4,9H,5-8H2,1-2H3,(H,18,21). The minimum atomic E-state index is -0.210. The van der Waals surface area contributed by atoms with E-state index < -0.39 is 0 Å². The van der Waals surface area contributed by atoms with Crippen LogP contribution in [0, 0.1) is 6.92 Å². The minimum absolute atomic E-state index is 0.210. The van der Waals surface area contributed by atoms with Gasteiger partial charge in [-0.15, -0.1) is 0 Å². The van der Waals surface area contributed by atoms with Crippen LogP contribution in [0.1, 0.15) is 21.6 Å². The first-order valence-corrected chi connectivity index (χ1v) is 7.80. The molecule has 0 unspecified atom stereocenters. The molecule has 0 saturated carbocycles. The highest BCUT2D eigenvalue weighted by Gasteiger charge is 2.18. The molecule has 0 aliphatic carbocycles. The van der Waals surface area contributed by atoms with E-state index in [1.54, 1.807) is 14.0 Å². The number of ether oxygens (including phenoxy) is 2. The Kier molecular flexibility index (Phi) is 4.43. The third kappa shape index (κ3) is 3.27. The van der Waals surface area contributed by atoms with E-state index >= 15 is 0 Å². The van der Waals surface area contributed by atoms with Gasteiger partial charge in [0.1, 0.15) is 18.4 Å². The lowest BCUT2D eigenvalue weighted by molar-refractivity contribution is 0.0953. The second kappa shape index (κ2) is 6.50. The Morgan fingerprint density at radius 3 is 2.78 bits per heavy atom. The molecule has 1 amide bonds. The van der Waals surface area contributed by atoms with Gasteiger partial charge in [-0.25, -0.2) is 0 Å². The molecule has 1 aromatic heterocycles. The SMILES string of the molecule is Cc1nn(C)c(Cl)c1C(=O)NCCc1ccc2c(c1)OCCO2. The van der Waals surface area contributed by atoms with Gasteiger partial charge >= 0.3 is 0 Å². The average Bonchev–Trinajstić information content (AvgIpc) is 2.80. The highest BCUT2D eigenvalue weighted by Crippen LogP contribution is 2.30. The van der Waals surface area contributed by atoms with Crippen LogP contribution in [0.3, 0.4) is 0 Å². The zero-order chi connectivity index (χ0) is 16.4. The molecule has 2 heterocycles. The number of benzene rings is 1. The summed E-state index contributed by atoms with van der Waals surface area (Å²) in [4.78, 5) is 12.2. The summed E-state index contributed by atoms with van der Waals surface area (Å²) in [5.74, 6) is 1.31. The van der Waals surface area contributed by atoms with Crippen LogP contribution in [0.15, 0.2) is 18.2 Å². The van der Waals surface area contributed by atoms with Crippen LogP contribution < -0.4 is 14.8 Å². The van der Waals surface area contributed by atoms with Crippen LogP contribution in [-0.2, 0) is 13.5 Å². The number of aryl methyl sites for hydroxylation is 2. The third-order valence-corrected chi connectivity index (χ3v) is 4.12. The maximum absolute atomic E-state index is 12.2. The number of nitrogens with one attached hydrogen (secondary N) is 1. The maximum Gasteiger partial charge on any atom is 0.256 e. The number of carbonyl (C=O) groups excluding carboxylic acids is 1. The van der Waals surface area contributed by atoms with Gasteiger partial charge in [-0.1, -0.05) is 17.7 Å². The summed E-state index contributed by atoms with van der Waals surface area (Å²) >= 11 is 6.09. The van der Waals surface area contributed by atoms with E-state index in [0.717, 1.165) is 17.1 Å². The molecule has 6 nitrogen and oxygen atoms in total. The summed E-state index contributed by atoms with van der Waals surface area (Å²) < 4.78 is 12.5. The number of hydrogen-bond donors (Lipinski definition) is 1. The average molecular weight is 336 g/mol. The largest absolute Gasteiger partial charge is 0.486 e. The number of fused-ring (bicyclic) bond motifs is 1. The zero-order valence-electron chi connectivity index (χ0n) is 13.1. The zero-order valence-corrected chi connectivity index (χ0v) is 13.8. The third-order valence-electron chi connectivity index (χ3n) is 3.69. The Morgan fingerprint density at radius 2 is 2.09 bits per heavy atom. The Labute approximate surface area is 139 Å². The fourth-order valence-electron chi connectivity index (χ4n) is 2.54. The van der Waals surface area contributed by atoms with Crippen LogP contribution >= 0.6 is 11.6 Å². The number of amides is 1. The number of aromatic nitrogens is 2. The van der Waals surface area contributed by atoms with Gasteiger partial charge in [0.25, 0.3) is 5.91 Å². The van der Waals surface area contributed by atoms with Crippen LogP contribution in [0.5, 0.6) is 11.5 Å². The van der Waals surface area contributed by atoms with E-state index in [-0.39, 0.29) is 5.91 Å². The molecule has 1 N–H and O–H groups in total. The Balaban J connectivity index is 1.60. The van der Waals surface area contributed by atoms with Crippen molar-refractivity contribution in [3.8, 4) is 11.5 Å². The van der Waals surface area contributed by atoms with E-state index in [9.17, 15) is 4.79 Å². The van der Waals surface area contributed by atoms with Crippen molar-refractivity contribution in [1.82, 2.24) is 15.1 Å². The molecule has 0 saturated heterocycles. The molecule has 0 fully saturated rings. The van der Waals surface area contributed by atoms with E-state index in [4.69, 9.17) is 21.1 Å². The highest BCUT2D eigenvalue weighted by molar-refractivity contribution is 6.33. The second-order valence-corrected chi connectivity index (χ2v) is 5.72. The van der Waals surface area contributed by atoms with Gasteiger partial charge in [0.2, 0.25) is 0 Å². The van der Waals surface area contributed by atoms with Gasteiger partial charge in [-0.2, -0.15) is 5.10 Å². The maximum atomic E-state index is 12.2. The number of rotatable bonds is 4. The number of nitrogens with zero attached hydrogens (tertiary/aromatic N) is 2. The van der Waals surface area contributed by atoms with Crippen molar-refractivity contribution >= 4 is 17.5 Å². The van der Waals surface area contributed by atoms with Crippen molar-refractivity contribution in [2.45, 2.75) is 13.3 Å². The topological polar surface area (TPSA) is 65.4 Å². The first-order valence-electron chi connectivity index (χ1n) is 7.42. The van der Waals surface area contributed by atoms with Gasteiger partial charge in [-0.3, -0.25) is 9.48 Å². The van der Waals surface area contributed by atoms with Crippen molar-refractivity contribution in [2.24, 2.45) is 7.05 Å². The smallest absolute Gasteiger partial charge is 0.256 e. The van der Waals surface area contributed by atoms with Gasteiger partial charge in [-0.05, 0) is 31.0 Å². The fraction of sp³-hybridized carbons (Fsp3) is 0.375. The summed E-state index contributed by atoms with van der Waals surface area (Å²) in [6.45, 7) is 3.41. The summed E-state index contributed by atoms with van der Waals surface area (Å²) in [6, 6.07) is 5.82. The van der Waals surface area contributed by atoms with Crippen LogP contribution in [0.25, 0.3) is 0 Å². The molecule has 1 aromatic carbocycles. The van der Waals surface area contributed by atoms with Crippen LogP contribution in [0.2, 0.25) is 5.15 Å². The lowest BCUT2D eigenvalue weighted by Gasteiger charge is -2.18. The molecule has 3 rings (SSSR count). The first-order chi connectivity index (χ1) is 11.1. The molecule has 7 heteroatoms. The molecule has 0 bridgehead atoms. The fourth-order valence-corrected chi connectivity index (χ4v) is 2.80. The summed E-state index contributed by atoms with van der Waals surface area (Å²) in [5, 5.41) is 7.36. The van der Waals surface area contributed by atoms with Crippen molar-refractivity contribution in [1.29, 1.82) is 0 Å². The van der Waals surface area contributed by atoms with E-state index in [1.165, 1.54) is 4.68 Å². The molecule has 1 aliphatic heterocycles. The predicted octanol–water partition coefficient (Wildman–Crippen LogP) is 2.13. The monoisotopic (exact) mass is 335 g/mol. The molecule has 0 radical (unpaired) electrons. The van der Waals surface area contributed by atoms with Crippen molar-refractivity contribution in [3.63, 3.8) is 0 Å². The van der Waals surface area contributed by atoms with Crippen molar-refractivity contribution in [3.05, 3.63) is 40.2 Å². The molecule has 2 aromatic rings. The molecule has 23 heavy (non-hydrogen) atoms. The first kappa shape index (κ1) is 15.7. The number of halogens is 1. The Morgan fingerprint density at radius 1 is 1.35 bits per heavy atom. The van der Waals surface area contributed by atoms with Gasteiger partial charge in [0.05, 0.1) is 11.3 Å². The Bertz CT molecular complexity index is 742. The van der Waals surface area contributed by atoms with Crippen molar-refractivity contribution in [2.75, 3.05) is 19.8 Å². The second-order valence-electron chi connectivity index (χ2n) is 5.36. The predicted molar refractivity (Wildman–Crippen MR) is 86.4 cm³/mol. The summed E-state index contributed by atoms with van der Waals surface area (Å²) in [5.41, 5.74) is 2.12. The number of hydrogen-bond acceptors (Lipinski definition) is 4. The molecule has 0 atom stereocenters. The summed E-state index contributed by atoms with van der Waals surface area (Å²) in [7, 11) is 1.71. The summed E-state index contributed by atoms with van der Waals surface area (Å²) in [6.07, 6.45) is 0.694. The van der Waals surface area contributed by atoms with Crippen molar-refractivity contribution < 1.29 is 14.3 Å². The van der Waals surface area contributed by atoms with Gasteiger partial charge < -0.3 is 14.8 Å². The van der Waals surface area contributed by atoms with Crippen LogP contribution in [-0.4, -0.2) is 35.4 Å². The normalized spacial score (nSPS) is 13.0. The van der Waals surface area contributed by atoms with Gasteiger partial charge in [0, 0.05) is 13.6 Å².